The van der Waals surface area contributed by atoms with Gasteiger partial charge in [0.2, 0.25) is 136 Å². The maximum Gasteiger partial charge on any atom is 0.325 e. The first-order valence-electron chi connectivity index (χ1n) is 33.3. The third-order valence-electron chi connectivity index (χ3n) is 14.1. The molecule has 0 radical (unpaired) electrons. The summed E-state index contributed by atoms with van der Waals surface area (Å²) in [5.41, 5.74) is 5.18. The van der Waals surface area contributed by atoms with Crippen molar-refractivity contribution in [1.82, 2.24) is 122 Å². The number of aliphatic carboxylic acids is 1. The van der Waals surface area contributed by atoms with E-state index in [1.807, 2.05) is 0 Å². The van der Waals surface area contributed by atoms with E-state index in [2.05, 4.69) is 122 Å². The van der Waals surface area contributed by atoms with Gasteiger partial charge in [0, 0.05) is 0 Å². The molecule has 109 heavy (non-hydrogen) atoms. The lowest BCUT2D eigenvalue weighted by Crippen LogP contribution is -2.54. The fraction of sp³-hybridized carbons (Fsp3) is 0.600. The average Bonchev–Trinajstić information content (AvgIpc) is 0.925. The van der Waals surface area contributed by atoms with E-state index < -0.39 is 286 Å². The maximum atomic E-state index is 12.6. The molecule has 0 saturated heterocycles. The highest BCUT2D eigenvalue weighted by molar-refractivity contribution is 6.00. The Kier molecular flexibility index (Phi) is 44.0. The van der Waals surface area contributed by atoms with E-state index >= 15 is 0 Å². The van der Waals surface area contributed by atoms with Crippen molar-refractivity contribution in [2.75, 3.05) is 78.5 Å². The Bertz CT molecular complexity index is 3390. The Morgan fingerprint density at radius 2 is 0.275 bits per heavy atom. The van der Waals surface area contributed by atoms with Crippen LogP contribution in [-0.4, -0.2) is 298 Å². The van der Waals surface area contributed by atoms with Gasteiger partial charge in [-0.2, -0.15) is 0 Å². The van der Waals surface area contributed by atoms with Gasteiger partial charge in [0.25, 0.3) is 0 Å². The molecule has 0 aromatic heterocycles. The zero-order valence-corrected chi connectivity index (χ0v) is 61.7. The Labute approximate surface area is 622 Å². The first-order valence-corrected chi connectivity index (χ1v) is 33.3. The van der Waals surface area contributed by atoms with Crippen LogP contribution in [-0.2, 0) is 115 Å². The summed E-state index contributed by atoms with van der Waals surface area (Å²) in [6.07, 6.45) is 0. The lowest BCUT2D eigenvalue weighted by Gasteiger charge is -2.18. The van der Waals surface area contributed by atoms with Crippen LogP contribution in [0.5, 0.6) is 0 Å². The number of hydrogen-bond donors (Lipinski definition) is 25. The summed E-state index contributed by atoms with van der Waals surface area (Å²) in [6, 6.07) is -14.7. The Hall–Kier alpha value is -12.8. The van der Waals surface area contributed by atoms with E-state index in [4.69, 9.17) is 10.8 Å². The molecule has 49 nitrogen and oxygen atoms in total. The number of carbonyl (C=O) groups is 24. The molecule has 0 spiro atoms. The molecule has 0 saturated carbocycles. The van der Waals surface area contributed by atoms with Crippen molar-refractivity contribution in [2.45, 2.75) is 156 Å². The SMILES string of the molecule is C[C@H](NC(=O)CNC(=O)[C@H](C)NC(=O)CNC(=O)[C@H](C)NC(=O)CNC(=O)[C@H](C)NC(=O)CNC(=O)[C@H](C)NC(=O)CNC(=O)[C@H](C)NC(=O)CNC(=O)[C@H](C)NC(=O)CNC(=O)[C@H](C)NC(=O)CNC(=O)[C@H](C)NC(=O)CNC(=O)[C@H](C)NC(=O)CNC(=O)[C@H](C)NC(=O)CNC(=O)[C@H](C)NC(=O)CN)C(=O)O. The zero-order valence-electron chi connectivity index (χ0n) is 61.7. The highest BCUT2D eigenvalue weighted by Crippen LogP contribution is 1.94. The molecular weight excluding hydrogens is 1460 g/mol. The van der Waals surface area contributed by atoms with Gasteiger partial charge in [-0.05, 0) is 83.1 Å². The van der Waals surface area contributed by atoms with Crippen molar-refractivity contribution in [3.63, 3.8) is 0 Å². The molecule has 12 atom stereocenters. The first kappa shape index (κ1) is 96.2. The van der Waals surface area contributed by atoms with Crippen LogP contribution in [0.4, 0.5) is 0 Å². The van der Waals surface area contributed by atoms with Gasteiger partial charge in [0.1, 0.15) is 72.5 Å². The third-order valence-corrected chi connectivity index (χ3v) is 14.1. The van der Waals surface area contributed by atoms with Gasteiger partial charge < -0.3 is 133 Å². The summed E-state index contributed by atoms with van der Waals surface area (Å²) in [6.45, 7) is 7.48. The lowest BCUT2D eigenvalue weighted by atomic mass is 10.2. The molecule has 49 heteroatoms. The summed E-state index contributed by atoms with van der Waals surface area (Å²) in [7, 11) is 0. The predicted molar refractivity (Wildman–Crippen MR) is 371 cm³/mol. The molecule has 0 fully saturated rings. The van der Waals surface area contributed by atoms with Crippen molar-refractivity contribution in [3.05, 3.63) is 0 Å². The standard InChI is InChI=1S/C60H98N24O25/c1-25(73-37(85)13-61)49(97)62-14-38(86)74-26(2)50(98)63-15-39(87)75-27(3)51(99)64-16-40(88)76-28(4)52(100)65-17-41(89)77-29(5)53(101)66-18-42(90)78-30(6)54(102)67-19-43(91)79-31(7)55(103)68-20-44(92)80-32(8)56(104)69-21-45(93)81-33(9)57(105)70-22-46(94)82-34(10)58(106)71-23-47(95)83-35(11)59(107)72-24-48(96)84-36(12)60(108)109/h25-36H,13-24,61H2,1-12H3,(H,62,97)(H,63,98)(H,64,99)(H,65,100)(H,66,101)(H,67,102)(H,68,103)(H,69,104)(H,70,105)(H,71,106)(H,72,107)(H,73,85)(H,74,86)(H,75,87)(H,76,88)(H,77,89)(H,78,90)(H,79,91)(H,80,92)(H,81,93)(H,82,94)(H,83,95)(H,84,96)(H,108,109)/t25-,26-,27-,28-,29-,30-,31-,32-,33-,34-,35-,36-/m0/s1. The monoisotopic (exact) mass is 1550 g/mol. The number of carboxylic acid groups (broad SMARTS) is 1. The van der Waals surface area contributed by atoms with Crippen LogP contribution in [0.3, 0.4) is 0 Å². The van der Waals surface area contributed by atoms with Crippen LogP contribution in [0.15, 0.2) is 0 Å². The van der Waals surface area contributed by atoms with Crippen molar-refractivity contribution in [2.24, 2.45) is 5.73 Å². The molecule has 0 heterocycles. The molecule has 0 aliphatic carbocycles. The Balaban J connectivity index is 4.58. The van der Waals surface area contributed by atoms with Crippen LogP contribution in [0.25, 0.3) is 0 Å². The quantitative estimate of drug-likeness (QED) is 0.0269. The predicted octanol–water partition coefficient (Wildman–Crippen LogP) is -16.6. The first-order chi connectivity index (χ1) is 50.8. The molecule has 0 rings (SSSR count). The number of nitrogens with one attached hydrogen (secondary N) is 23. The normalized spacial score (nSPS) is 13.7. The van der Waals surface area contributed by atoms with E-state index in [0.29, 0.717) is 0 Å². The zero-order chi connectivity index (χ0) is 83.5. The minimum absolute atomic E-state index is 0.355. The number of nitrogens with two attached hydrogens (primary N) is 1. The van der Waals surface area contributed by atoms with Gasteiger partial charge in [-0.25, -0.2) is 0 Å². The van der Waals surface area contributed by atoms with Gasteiger partial charge in [-0.15, -0.1) is 0 Å². The fourth-order valence-electron chi connectivity index (χ4n) is 7.83. The largest absolute Gasteiger partial charge is 0.480 e. The van der Waals surface area contributed by atoms with E-state index in [-0.39, 0.29) is 6.54 Å². The van der Waals surface area contributed by atoms with Gasteiger partial charge in [0.05, 0.1) is 78.5 Å². The van der Waals surface area contributed by atoms with Crippen molar-refractivity contribution >= 4 is 142 Å². The van der Waals surface area contributed by atoms with E-state index in [1.165, 1.54) is 83.1 Å². The van der Waals surface area contributed by atoms with Gasteiger partial charge in [0.15, 0.2) is 0 Å². The second-order valence-electron chi connectivity index (χ2n) is 23.9. The van der Waals surface area contributed by atoms with Crippen LogP contribution < -0.4 is 128 Å². The number of carbonyl (C=O) groups excluding carboxylic acids is 23. The summed E-state index contributed by atoms with van der Waals surface area (Å²) in [4.78, 5) is 295. The molecule has 0 aliphatic heterocycles. The molecule has 0 aliphatic rings. The van der Waals surface area contributed by atoms with Gasteiger partial charge >= 0.3 is 5.97 Å². The van der Waals surface area contributed by atoms with Crippen molar-refractivity contribution in [3.8, 4) is 0 Å². The van der Waals surface area contributed by atoms with Crippen LogP contribution >= 0.6 is 0 Å². The minimum atomic E-state index is -1.30. The summed E-state index contributed by atoms with van der Waals surface area (Å²) in [5.74, 6) is -20.5. The molecule has 0 aromatic rings. The van der Waals surface area contributed by atoms with Crippen LogP contribution in [0, 0.1) is 0 Å². The molecule has 23 amide bonds. The number of amides is 23. The average molecular weight is 1560 g/mol. The molecule has 0 bridgehead atoms. The Morgan fingerprint density at radius 3 is 0.367 bits per heavy atom. The highest BCUT2D eigenvalue weighted by atomic mass is 16.4. The topological polar surface area (TPSA) is 733 Å². The smallest absolute Gasteiger partial charge is 0.325 e. The van der Waals surface area contributed by atoms with Crippen molar-refractivity contribution < 1.29 is 120 Å². The molecular formula is C60H98N24O25. The van der Waals surface area contributed by atoms with Gasteiger partial charge in [-0.3, -0.25) is 115 Å². The lowest BCUT2D eigenvalue weighted by molar-refractivity contribution is -0.141. The van der Waals surface area contributed by atoms with Gasteiger partial charge in [-0.1, -0.05) is 0 Å². The van der Waals surface area contributed by atoms with Crippen LogP contribution in [0.1, 0.15) is 83.1 Å². The van der Waals surface area contributed by atoms with E-state index in [9.17, 15) is 115 Å². The second-order valence-corrected chi connectivity index (χ2v) is 23.9. The summed E-state index contributed by atoms with van der Waals surface area (Å²) in [5, 5.41) is 60.5. The maximum absolute atomic E-state index is 12.6. The second kappa shape index (κ2) is 49.9. The fourth-order valence-corrected chi connectivity index (χ4v) is 7.83. The Morgan fingerprint density at radius 1 is 0.183 bits per heavy atom. The van der Waals surface area contributed by atoms with Crippen LogP contribution in [0.2, 0.25) is 0 Å². The minimum Gasteiger partial charge on any atom is -0.480 e. The molecule has 0 aromatic carbocycles. The number of hydrogen-bond acceptors (Lipinski definition) is 25. The third kappa shape index (κ3) is 42.1. The summed E-state index contributed by atoms with van der Waals surface area (Å²) < 4.78 is 0. The number of rotatable bonds is 47. The molecule has 0 unspecified atom stereocenters. The molecule has 26 N–H and O–H groups in total. The summed E-state index contributed by atoms with van der Waals surface area (Å²) >= 11 is 0. The highest BCUT2D eigenvalue weighted by Gasteiger charge is 2.28. The van der Waals surface area contributed by atoms with Crippen molar-refractivity contribution in [1.29, 1.82) is 0 Å². The van der Waals surface area contributed by atoms with E-state index in [1.54, 1.807) is 0 Å². The number of carboxylic acids is 1. The molecule has 608 valence electrons. The van der Waals surface area contributed by atoms with E-state index in [0.717, 1.165) is 0 Å².